The molecule has 0 aliphatic rings. The Morgan fingerprint density at radius 1 is 1.36 bits per heavy atom. The van der Waals surface area contributed by atoms with Crippen LogP contribution in [0.15, 0.2) is 29.1 Å². The highest BCUT2D eigenvalue weighted by Crippen LogP contribution is 2.16. The fraction of sp³-hybridized carbons (Fsp3) is 0.286. The molecule has 1 atom stereocenters. The minimum atomic E-state index is -0.239. The van der Waals surface area contributed by atoms with Crippen molar-refractivity contribution in [2.45, 2.75) is 19.9 Å². The Hall–Kier alpha value is -2.22. The normalized spacial score (nSPS) is 12.5. The van der Waals surface area contributed by atoms with Crippen LogP contribution in [0.25, 0.3) is 5.65 Å². The molecule has 0 fully saturated rings. The molecule has 3 aromatic heterocycles. The number of nitrogens with one attached hydrogen (secondary N) is 1. The molecule has 7 nitrogen and oxygen atoms in total. The molecule has 8 heteroatoms. The number of rotatable bonds is 3. The summed E-state index contributed by atoms with van der Waals surface area (Å²) in [4.78, 5) is 16.5. The molecule has 0 saturated heterocycles. The molecule has 1 N–H and O–H groups in total. The molecule has 1 unspecified atom stereocenters. The molecule has 1 amide bonds. The summed E-state index contributed by atoms with van der Waals surface area (Å²) in [7, 11) is 1.86. The second-order valence-electron chi connectivity index (χ2n) is 5.14. The molecule has 3 rings (SSSR count). The van der Waals surface area contributed by atoms with Crippen molar-refractivity contribution in [3.8, 4) is 0 Å². The van der Waals surface area contributed by atoms with Gasteiger partial charge < -0.3 is 5.32 Å². The molecular formula is C14H15BrN6O. The molecule has 0 saturated carbocycles. The number of fused-ring (bicyclic) bond motifs is 1. The molecule has 3 aromatic rings. The number of hydrogen-bond acceptors (Lipinski definition) is 4. The van der Waals surface area contributed by atoms with Gasteiger partial charge in [0.2, 0.25) is 0 Å². The van der Waals surface area contributed by atoms with E-state index in [0.29, 0.717) is 11.3 Å². The van der Waals surface area contributed by atoms with Gasteiger partial charge in [0, 0.05) is 37.3 Å². The van der Waals surface area contributed by atoms with Gasteiger partial charge in [-0.15, -0.1) is 0 Å². The first-order valence-corrected chi connectivity index (χ1v) is 7.55. The summed E-state index contributed by atoms with van der Waals surface area (Å²) < 4.78 is 4.10. The Morgan fingerprint density at radius 3 is 2.82 bits per heavy atom. The van der Waals surface area contributed by atoms with Crippen LogP contribution in [0.4, 0.5) is 0 Å². The predicted molar refractivity (Wildman–Crippen MR) is 84.5 cm³/mol. The van der Waals surface area contributed by atoms with Crippen molar-refractivity contribution in [3.63, 3.8) is 0 Å². The van der Waals surface area contributed by atoms with Crippen molar-refractivity contribution in [3.05, 3.63) is 46.1 Å². The van der Waals surface area contributed by atoms with Gasteiger partial charge >= 0.3 is 0 Å². The van der Waals surface area contributed by atoms with E-state index >= 15 is 0 Å². The van der Waals surface area contributed by atoms with Crippen LogP contribution >= 0.6 is 15.9 Å². The van der Waals surface area contributed by atoms with Crippen LogP contribution in [0.5, 0.6) is 0 Å². The van der Waals surface area contributed by atoms with Crippen LogP contribution < -0.4 is 5.32 Å². The number of nitrogens with zero attached hydrogens (tertiary/aromatic N) is 5. The quantitative estimate of drug-likeness (QED) is 0.773. The number of hydrogen-bond donors (Lipinski definition) is 1. The highest BCUT2D eigenvalue weighted by Gasteiger charge is 2.17. The molecule has 22 heavy (non-hydrogen) atoms. The van der Waals surface area contributed by atoms with E-state index in [1.54, 1.807) is 27.7 Å². The maximum absolute atomic E-state index is 12.3. The third-order valence-electron chi connectivity index (χ3n) is 3.38. The van der Waals surface area contributed by atoms with Crippen molar-refractivity contribution in [1.29, 1.82) is 0 Å². The number of carbonyl (C=O) groups excluding carboxylic acids is 1. The zero-order valence-corrected chi connectivity index (χ0v) is 14.0. The monoisotopic (exact) mass is 362 g/mol. The predicted octanol–water partition coefficient (Wildman–Crippen LogP) is 2.02. The Bertz CT molecular complexity index is 852. The highest BCUT2D eigenvalue weighted by atomic mass is 79.9. The Labute approximate surface area is 135 Å². The summed E-state index contributed by atoms with van der Waals surface area (Å²) in [6.07, 6.45) is 5.33. The lowest BCUT2D eigenvalue weighted by Crippen LogP contribution is -2.27. The van der Waals surface area contributed by atoms with Crippen molar-refractivity contribution < 1.29 is 4.79 Å². The van der Waals surface area contributed by atoms with E-state index in [1.165, 1.54) is 0 Å². The fourth-order valence-corrected chi connectivity index (χ4v) is 2.65. The van der Waals surface area contributed by atoms with Gasteiger partial charge in [0.1, 0.15) is 0 Å². The summed E-state index contributed by atoms with van der Waals surface area (Å²) in [5.74, 6) is -0.239. The van der Waals surface area contributed by atoms with E-state index in [4.69, 9.17) is 0 Å². The van der Waals surface area contributed by atoms with Gasteiger partial charge in [-0.3, -0.25) is 9.48 Å². The molecule has 0 radical (unpaired) electrons. The van der Waals surface area contributed by atoms with E-state index in [1.807, 2.05) is 27.1 Å². The first-order valence-electron chi connectivity index (χ1n) is 6.76. The zero-order chi connectivity index (χ0) is 15.9. The van der Waals surface area contributed by atoms with Crippen LogP contribution in [0.3, 0.4) is 0 Å². The second-order valence-corrected chi connectivity index (χ2v) is 6.06. The lowest BCUT2D eigenvalue weighted by Gasteiger charge is -2.11. The maximum atomic E-state index is 12.3. The summed E-state index contributed by atoms with van der Waals surface area (Å²) >= 11 is 3.33. The van der Waals surface area contributed by atoms with Crippen molar-refractivity contribution in [2.24, 2.45) is 7.05 Å². The number of aromatic nitrogens is 5. The zero-order valence-electron chi connectivity index (χ0n) is 12.4. The van der Waals surface area contributed by atoms with E-state index in [0.717, 1.165) is 15.7 Å². The van der Waals surface area contributed by atoms with Gasteiger partial charge in [0.25, 0.3) is 5.91 Å². The smallest absolute Gasteiger partial charge is 0.272 e. The van der Waals surface area contributed by atoms with Gasteiger partial charge in [-0.25, -0.2) is 9.50 Å². The molecule has 0 aliphatic carbocycles. The SMILES string of the molecule is Cc1nn(C)cc1C(C)NC(=O)c1cc2ncc(Br)cn2n1. The number of aryl methyl sites for hydroxylation is 2. The van der Waals surface area contributed by atoms with Gasteiger partial charge in [-0.1, -0.05) is 0 Å². The minimum Gasteiger partial charge on any atom is -0.344 e. The lowest BCUT2D eigenvalue weighted by molar-refractivity contribution is 0.0934. The van der Waals surface area contributed by atoms with E-state index in [-0.39, 0.29) is 11.9 Å². The van der Waals surface area contributed by atoms with Crippen LogP contribution in [-0.4, -0.2) is 30.3 Å². The Balaban J connectivity index is 1.82. The van der Waals surface area contributed by atoms with E-state index in [9.17, 15) is 4.79 Å². The van der Waals surface area contributed by atoms with Crippen LogP contribution in [0, 0.1) is 6.92 Å². The van der Waals surface area contributed by atoms with Gasteiger partial charge in [0.15, 0.2) is 11.3 Å². The lowest BCUT2D eigenvalue weighted by atomic mass is 10.1. The van der Waals surface area contributed by atoms with Gasteiger partial charge in [0.05, 0.1) is 16.2 Å². The Kier molecular flexibility index (Phi) is 3.69. The number of carbonyl (C=O) groups is 1. The standard InChI is InChI=1S/C14H15BrN6O/c1-8(11-7-20(3)18-9(11)2)17-14(22)12-4-13-16-5-10(15)6-21(13)19-12/h4-8H,1-3H3,(H,17,22). The van der Waals surface area contributed by atoms with Gasteiger partial charge in [-0.2, -0.15) is 10.2 Å². The molecule has 3 heterocycles. The van der Waals surface area contributed by atoms with Crippen LogP contribution in [0.2, 0.25) is 0 Å². The van der Waals surface area contributed by atoms with Crippen LogP contribution in [0.1, 0.15) is 34.7 Å². The average molecular weight is 363 g/mol. The van der Waals surface area contributed by atoms with Crippen molar-refractivity contribution in [2.75, 3.05) is 0 Å². The summed E-state index contributed by atoms with van der Waals surface area (Å²) in [5.41, 5.74) is 2.84. The summed E-state index contributed by atoms with van der Waals surface area (Å²) in [5, 5.41) is 11.5. The van der Waals surface area contributed by atoms with Gasteiger partial charge in [-0.05, 0) is 29.8 Å². The average Bonchev–Trinajstić information content (AvgIpc) is 3.01. The van der Waals surface area contributed by atoms with E-state index in [2.05, 4.69) is 36.4 Å². The molecular weight excluding hydrogens is 348 g/mol. The highest BCUT2D eigenvalue weighted by molar-refractivity contribution is 9.10. The maximum Gasteiger partial charge on any atom is 0.272 e. The number of halogens is 1. The van der Waals surface area contributed by atoms with Crippen molar-refractivity contribution in [1.82, 2.24) is 29.7 Å². The minimum absolute atomic E-state index is 0.147. The molecule has 0 aromatic carbocycles. The first kappa shape index (κ1) is 14.7. The molecule has 0 aliphatic heterocycles. The largest absolute Gasteiger partial charge is 0.344 e. The topological polar surface area (TPSA) is 77.1 Å². The Morgan fingerprint density at radius 2 is 2.14 bits per heavy atom. The van der Waals surface area contributed by atoms with Crippen LogP contribution in [-0.2, 0) is 7.05 Å². The van der Waals surface area contributed by atoms with Crippen molar-refractivity contribution >= 4 is 27.5 Å². The number of amides is 1. The molecule has 114 valence electrons. The fourth-order valence-electron chi connectivity index (χ4n) is 2.36. The summed E-state index contributed by atoms with van der Waals surface area (Å²) in [6, 6.07) is 1.51. The first-order chi connectivity index (χ1) is 10.4. The third-order valence-corrected chi connectivity index (χ3v) is 3.79. The second kappa shape index (κ2) is 5.53. The molecule has 0 bridgehead atoms. The van der Waals surface area contributed by atoms with E-state index < -0.39 is 0 Å². The molecule has 0 spiro atoms. The third kappa shape index (κ3) is 2.74. The summed E-state index contributed by atoms with van der Waals surface area (Å²) in [6.45, 7) is 3.84.